The Morgan fingerprint density at radius 3 is 2.45 bits per heavy atom. The molecule has 1 heterocycles. The van der Waals surface area contributed by atoms with Crippen LogP contribution in [0.15, 0.2) is 46.9 Å². The second-order valence-electron chi connectivity index (χ2n) is 4.77. The molecular formula is C16H13BrClNOS2. The molecule has 2 nitrogen and oxygen atoms in total. The predicted molar refractivity (Wildman–Crippen MR) is 101 cm³/mol. The standard InChI is InChI=1S/C16H13BrClNOS2/c17-12-5-6-14(13(18)9-12)19-15(20)10-1-3-11(4-2-10)16-21-7-8-22-16/h1-6,9,16H,7-8H2,(H,19,20). The third-order valence-electron chi connectivity index (χ3n) is 3.25. The van der Waals surface area contributed by atoms with Gasteiger partial charge in [-0.3, -0.25) is 4.79 Å². The molecule has 1 saturated heterocycles. The molecule has 0 radical (unpaired) electrons. The molecule has 2 aromatic rings. The average molecular weight is 415 g/mol. The second kappa shape index (κ2) is 7.30. The Morgan fingerprint density at radius 1 is 1.14 bits per heavy atom. The number of benzene rings is 2. The molecule has 0 bridgehead atoms. The Bertz CT molecular complexity index is 687. The lowest BCUT2D eigenvalue weighted by molar-refractivity contribution is 0.102. The predicted octanol–water partition coefficient (Wildman–Crippen LogP) is 5.83. The zero-order valence-corrected chi connectivity index (χ0v) is 15.5. The molecular weight excluding hydrogens is 402 g/mol. The van der Waals surface area contributed by atoms with Crippen molar-refractivity contribution in [2.75, 3.05) is 16.8 Å². The first-order valence-electron chi connectivity index (χ1n) is 6.73. The second-order valence-corrected chi connectivity index (χ2v) is 8.82. The molecule has 1 amide bonds. The Balaban J connectivity index is 1.71. The summed E-state index contributed by atoms with van der Waals surface area (Å²) in [5, 5.41) is 3.35. The SMILES string of the molecule is O=C(Nc1ccc(Br)cc1Cl)c1ccc(C2SCCS2)cc1. The molecule has 0 aliphatic carbocycles. The molecule has 1 N–H and O–H groups in total. The number of halogens is 2. The van der Waals surface area contributed by atoms with E-state index in [0.29, 0.717) is 20.9 Å². The summed E-state index contributed by atoms with van der Waals surface area (Å²) in [6.45, 7) is 0. The molecule has 0 unspecified atom stereocenters. The minimum absolute atomic E-state index is 0.150. The van der Waals surface area contributed by atoms with Crippen molar-refractivity contribution in [3.05, 3.63) is 63.1 Å². The van der Waals surface area contributed by atoms with Gasteiger partial charge in [0.05, 0.1) is 15.3 Å². The van der Waals surface area contributed by atoms with E-state index < -0.39 is 0 Å². The molecule has 1 aliphatic heterocycles. The Labute approximate surface area is 151 Å². The third kappa shape index (κ3) is 3.82. The summed E-state index contributed by atoms with van der Waals surface area (Å²) in [7, 11) is 0. The Kier molecular flexibility index (Phi) is 5.39. The van der Waals surface area contributed by atoms with Crippen LogP contribution in [0.1, 0.15) is 20.5 Å². The molecule has 0 atom stereocenters. The van der Waals surface area contributed by atoms with Crippen molar-refractivity contribution >= 4 is 62.6 Å². The lowest BCUT2D eigenvalue weighted by Crippen LogP contribution is -2.12. The van der Waals surface area contributed by atoms with Crippen LogP contribution >= 0.6 is 51.1 Å². The lowest BCUT2D eigenvalue weighted by atomic mass is 10.1. The van der Waals surface area contributed by atoms with Gasteiger partial charge in [-0.2, -0.15) is 0 Å². The van der Waals surface area contributed by atoms with E-state index in [1.54, 1.807) is 12.1 Å². The highest BCUT2D eigenvalue weighted by atomic mass is 79.9. The first kappa shape index (κ1) is 16.2. The van der Waals surface area contributed by atoms with Crippen molar-refractivity contribution < 1.29 is 4.79 Å². The van der Waals surface area contributed by atoms with Crippen molar-refractivity contribution in [3.8, 4) is 0 Å². The van der Waals surface area contributed by atoms with Gasteiger partial charge in [-0.05, 0) is 35.9 Å². The van der Waals surface area contributed by atoms with E-state index in [4.69, 9.17) is 11.6 Å². The van der Waals surface area contributed by atoms with Crippen LogP contribution in [0, 0.1) is 0 Å². The van der Waals surface area contributed by atoms with E-state index in [9.17, 15) is 4.79 Å². The number of anilines is 1. The molecule has 22 heavy (non-hydrogen) atoms. The zero-order valence-electron chi connectivity index (χ0n) is 11.5. The lowest BCUT2D eigenvalue weighted by Gasteiger charge is -2.10. The van der Waals surface area contributed by atoms with Gasteiger partial charge in [0.2, 0.25) is 0 Å². The van der Waals surface area contributed by atoms with Crippen molar-refractivity contribution in [2.45, 2.75) is 4.58 Å². The summed E-state index contributed by atoms with van der Waals surface area (Å²) in [5.41, 5.74) is 2.52. The molecule has 3 rings (SSSR count). The maximum Gasteiger partial charge on any atom is 0.255 e. The number of carbonyl (C=O) groups is 1. The summed E-state index contributed by atoms with van der Waals surface area (Å²) in [6.07, 6.45) is 0. The van der Waals surface area contributed by atoms with Crippen LogP contribution in [0.4, 0.5) is 5.69 Å². The minimum atomic E-state index is -0.150. The summed E-state index contributed by atoms with van der Waals surface area (Å²) >= 11 is 13.4. The monoisotopic (exact) mass is 413 g/mol. The largest absolute Gasteiger partial charge is 0.321 e. The molecule has 0 aromatic heterocycles. The van der Waals surface area contributed by atoms with Gasteiger partial charge in [-0.25, -0.2) is 0 Å². The van der Waals surface area contributed by atoms with Gasteiger partial charge in [-0.1, -0.05) is 39.7 Å². The van der Waals surface area contributed by atoms with Crippen LogP contribution in [-0.4, -0.2) is 17.4 Å². The van der Waals surface area contributed by atoms with Gasteiger partial charge in [0.25, 0.3) is 5.91 Å². The summed E-state index contributed by atoms with van der Waals surface area (Å²) in [5.74, 6) is 2.24. The fourth-order valence-corrected chi connectivity index (χ4v) is 5.71. The number of carbonyl (C=O) groups excluding carboxylic acids is 1. The first-order chi connectivity index (χ1) is 10.6. The molecule has 1 fully saturated rings. The van der Waals surface area contributed by atoms with Crippen LogP contribution in [0.3, 0.4) is 0 Å². The van der Waals surface area contributed by atoms with Crippen molar-refractivity contribution in [2.24, 2.45) is 0 Å². The highest BCUT2D eigenvalue weighted by Gasteiger charge is 2.18. The van der Waals surface area contributed by atoms with Crippen LogP contribution in [0.2, 0.25) is 5.02 Å². The number of amides is 1. The quantitative estimate of drug-likeness (QED) is 0.684. The molecule has 6 heteroatoms. The molecule has 0 spiro atoms. The van der Waals surface area contributed by atoms with E-state index in [1.165, 1.54) is 17.1 Å². The van der Waals surface area contributed by atoms with Gasteiger partial charge in [0.15, 0.2) is 0 Å². The highest BCUT2D eigenvalue weighted by Crippen LogP contribution is 2.45. The van der Waals surface area contributed by atoms with E-state index in [0.717, 1.165) is 4.47 Å². The van der Waals surface area contributed by atoms with Gasteiger partial charge < -0.3 is 5.32 Å². The zero-order chi connectivity index (χ0) is 15.5. The number of rotatable bonds is 3. The molecule has 1 aliphatic rings. The van der Waals surface area contributed by atoms with Crippen molar-refractivity contribution in [1.82, 2.24) is 0 Å². The first-order valence-corrected chi connectivity index (χ1v) is 10.00. The van der Waals surface area contributed by atoms with E-state index >= 15 is 0 Å². The van der Waals surface area contributed by atoms with Gasteiger partial charge >= 0.3 is 0 Å². The smallest absolute Gasteiger partial charge is 0.255 e. The fourth-order valence-electron chi connectivity index (χ4n) is 2.13. The van der Waals surface area contributed by atoms with E-state index in [-0.39, 0.29) is 5.91 Å². The normalized spacial score (nSPS) is 15.0. The van der Waals surface area contributed by atoms with Gasteiger partial charge in [0, 0.05) is 21.5 Å². The third-order valence-corrected chi connectivity index (χ3v) is 7.16. The maximum absolute atomic E-state index is 12.3. The summed E-state index contributed by atoms with van der Waals surface area (Å²) in [4.78, 5) is 12.3. The van der Waals surface area contributed by atoms with Crippen LogP contribution in [0.5, 0.6) is 0 Å². The Morgan fingerprint density at radius 2 is 1.82 bits per heavy atom. The van der Waals surface area contributed by atoms with E-state index in [2.05, 4.69) is 21.2 Å². The molecule has 114 valence electrons. The summed E-state index contributed by atoms with van der Waals surface area (Å²) < 4.78 is 1.38. The molecule has 2 aromatic carbocycles. The van der Waals surface area contributed by atoms with Gasteiger partial charge in [-0.15, -0.1) is 23.5 Å². The number of thioether (sulfide) groups is 2. The van der Waals surface area contributed by atoms with Crippen LogP contribution in [0.25, 0.3) is 0 Å². The average Bonchev–Trinajstić information content (AvgIpc) is 3.04. The van der Waals surface area contributed by atoms with Crippen LogP contribution in [-0.2, 0) is 0 Å². The van der Waals surface area contributed by atoms with Crippen molar-refractivity contribution in [1.29, 1.82) is 0 Å². The maximum atomic E-state index is 12.3. The van der Waals surface area contributed by atoms with E-state index in [1.807, 2.05) is 53.9 Å². The number of nitrogens with one attached hydrogen (secondary N) is 1. The van der Waals surface area contributed by atoms with Gasteiger partial charge in [0.1, 0.15) is 0 Å². The Hall–Kier alpha value is -0.620. The number of hydrogen-bond acceptors (Lipinski definition) is 3. The number of hydrogen-bond donors (Lipinski definition) is 1. The van der Waals surface area contributed by atoms with Crippen molar-refractivity contribution in [3.63, 3.8) is 0 Å². The minimum Gasteiger partial charge on any atom is -0.321 e. The topological polar surface area (TPSA) is 29.1 Å². The highest BCUT2D eigenvalue weighted by molar-refractivity contribution is 9.10. The fraction of sp³-hybridized carbons (Fsp3) is 0.188. The van der Waals surface area contributed by atoms with Crippen LogP contribution < -0.4 is 5.32 Å². The summed E-state index contributed by atoms with van der Waals surface area (Å²) in [6, 6.07) is 13.2. The molecule has 0 saturated carbocycles.